The zero-order valence-corrected chi connectivity index (χ0v) is 12.1. The summed E-state index contributed by atoms with van der Waals surface area (Å²) in [6.45, 7) is 9.92. The maximum atomic E-state index is 8.36. The van der Waals surface area contributed by atoms with E-state index in [1.807, 2.05) is 0 Å². The second-order valence-corrected chi connectivity index (χ2v) is 4.62. The summed E-state index contributed by atoms with van der Waals surface area (Å²) in [5, 5.41) is 11.9. The molecule has 0 fully saturated rings. The van der Waals surface area contributed by atoms with Crippen LogP contribution in [-0.4, -0.2) is 11.4 Å². The third-order valence-electron chi connectivity index (χ3n) is 1.74. The van der Waals surface area contributed by atoms with E-state index in [0.29, 0.717) is 22.9 Å². The normalized spacial score (nSPS) is 11.2. The molecule has 0 saturated carbocycles. The van der Waals surface area contributed by atoms with E-state index in [0.717, 1.165) is 0 Å². The van der Waals surface area contributed by atoms with Gasteiger partial charge >= 0.3 is 33.3 Å². The minimum absolute atomic E-state index is 0.194. The third kappa shape index (κ3) is 5.86. The molecule has 0 aliphatic heterocycles. The molecule has 18 heavy (non-hydrogen) atoms. The molecule has 0 aliphatic carbocycles. The van der Waals surface area contributed by atoms with Crippen molar-refractivity contribution in [2.45, 2.75) is 13.8 Å². The van der Waals surface area contributed by atoms with Crippen molar-refractivity contribution < 1.29 is 17.6 Å². The summed E-state index contributed by atoms with van der Waals surface area (Å²) >= 11 is 0.194. The Morgan fingerprint density at radius 3 is 2.33 bits per heavy atom. The van der Waals surface area contributed by atoms with E-state index in [1.54, 1.807) is 32.2 Å². The van der Waals surface area contributed by atoms with Gasteiger partial charge in [0.15, 0.2) is 11.5 Å². The molecule has 0 aromatic carbocycles. The van der Waals surface area contributed by atoms with Crippen molar-refractivity contribution in [1.29, 1.82) is 5.26 Å². The molecule has 0 aliphatic rings. The van der Waals surface area contributed by atoms with Gasteiger partial charge in [-0.15, -0.1) is 4.95 Å². The van der Waals surface area contributed by atoms with Crippen LogP contribution >= 0.6 is 20.2 Å². The quantitative estimate of drug-likeness (QED) is 0.274. The Hall–Kier alpha value is -1.30. The fourth-order valence-electron chi connectivity index (χ4n) is 0.981. The summed E-state index contributed by atoms with van der Waals surface area (Å²) in [5.41, 5.74) is 1.00. The van der Waals surface area contributed by atoms with Gasteiger partial charge in [-0.25, -0.2) is 0 Å². The van der Waals surface area contributed by atoms with Gasteiger partial charge in [0.1, 0.15) is 5.76 Å². The van der Waals surface area contributed by atoms with Gasteiger partial charge in [-0.05, 0) is 26.0 Å². The minimum atomic E-state index is 0.194. The van der Waals surface area contributed by atoms with Crippen molar-refractivity contribution in [3.05, 3.63) is 35.2 Å². The molecular weight excluding hydrogens is 319 g/mol. The number of hydrogen-bond donors (Lipinski definition) is 0. The van der Waals surface area contributed by atoms with E-state index in [4.69, 9.17) is 36.4 Å². The Bertz CT molecular complexity index is 480. The standard InChI is InChI=1S/C10H8N4O.2ClH.Fe/c1-7(13-6-11)9-4-5-10(15-9)8(2)14-12-3;;;/h4-5H,1-2H3;2*1H;/q;;;+2/p-2/b13-7?,14-8+;;;. The molecule has 1 rings (SSSR count). The van der Waals surface area contributed by atoms with Gasteiger partial charge in [-0.2, -0.15) is 16.8 Å². The number of hydrogen-bond acceptors (Lipinski definition) is 4. The average Bonchev–Trinajstić information content (AvgIpc) is 2.80. The molecule has 0 bridgehead atoms. The van der Waals surface area contributed by atoms with Gasteiger partial charge in [0.05, 0.1) is 10.8 Å². The van der Waals surface area contributed by atoms with Crippen LogP contribution in [0.1, 0.15) is 25.4 Å². The summed E-state index contributed by atoms with van der Waals surface area (Å²) in [7, 11) is 9.53. The molecule has 5 nitrogen and oxygen atoms in total. The van der Waals surface area contributed by atoms with E-state index in [9.17, 15) is 0 Å². The number of halogens is 2. The second-order valence-electron chi connectivity index (χ2n) is 2.80. The fraction of sp³-hybridized carbons (Fsp3) is 0.200. The van der Waals surface area contributed by atoms with E-state index in [1.165, 1.54) is 0 Å². The molecule has 0 radical (unpaired) electrons. The number of furan rings is 1. The van der Waals surface area contributed by atoms with E-state index >= 15 is 0 Å². The van der Waals surface area contributed by atoms with Gasteiger partial charge in [0.2, 0.25) is 6.19 Å². The molecule has 0 saturated heterocycles. The molecule has 0 amide bonds. The zero-order valence-electron chi connectivity index (χ0n) is 9.46. The first kappa shape index (κ1) is 16.7. The van der Waals surface area contributed by atoms with Crippen LogP contribution in [0.4, 0.5) is 0 Å². The van der Waals surface area contributed by atoms with E-state index < -0.39 is 0 Å². The Labute approximate surface area is 120 Å². The summed E-state index contributed by atoms with van der Waals surface area (Å²) < 4.78 is 5.36. The van der Waals surface area contributed by atoms with Crippen LogP contribution in [0.25, 0.3) is 4.95 Å². The predicted molar refractivity (Wildman–Crippen MR) is 67.1 cm³/mol. The maximum absolute atomic E-state index is 8.36. The molecule has 0 N–H and O–H groups in total. The summed E-state index contributed by atoms with van der Waals surface area (Å²) in [6.07, 6.45) is 1.68. The van der Waals surface area contributed by atoms with Gasteiger partial charge in [0.25, 0.3) is 0 Å². The average molecular weight is 327 g/mol. The molecular formula is C10H8Cl2FeN4O. The Morgan fingerprint density at radius 2 is 1.89 bits per heavy atom. The second kappa shape index (κ2) is 9.70. The van der Waals surface area contributed by atoms with Crippen LogP contribution in [0, 0.1) is 18.0 Å². The van der Waals surface area contributed by atoms with Crippen molar-refractivity contribution in [3.8, 4) is 6.19 Å². The fourth-order valence-corrected chi connectivity index (χ4v) is 0.981. The third-order valence-corrected chi connectivity index (χ3v) is 1.74. The molecule has 0 spiro atoms. The molecule has 0 unspecified atom stereocenters. The van der Waals surface area contributed by atoms with Crippen LogP contribution in [0.5, 0.6) is 0 Å². The van der Waals surface area contributed by atoms with Crippen molar-refractivity contribution in [2.24, 2.45) is 10.1 Å². The van der Waals surface area contributed by atoms with Crippen LogP contribution < -0.4 is 0 Å². The molecule has 1 heterocycles. The van der Waals surface area contributed by atoms with Gasteiger partial charge in [0, 0.05) is 0 Å². The monoisotopic (exact) mass is 326 g/mol. The van der Waals surface area contributed by atoms with Crippen LogP contribution in [0.3, 0.4) is 0 Å². The molecule has 0 atom stereocenters. The predicted octanol–water partition coefficient (Wildman–Crippen LogP) is 3.59. The zero-order chi connectivity index (χ0) is 14.0. The van der Waals surface area contributed by atoms with Crippen molar-refractivity contribution in [1.82, 2.24) is 0 Å². The van der Waals surface area contributed by atoms with Crippen molar-refractivity contribution in [3.63, 3.8) is 0 Å². The Morgan fingerprint density at radius 1 is 1.39 bits per heavy atom. The van der Waals surface area contributed by atoms with Crippen molar-refractivity contribution in [2.75, 3.05) is 0 Å². The van der Waals surface area contributed by atoms with Gasteiger partial charge < -0.3 is 4.42 Å². The van der Waals surface area contributed by atoms with Crippen LogP contribution in [0.2, 0.25) is 0 Å². The Kier molecular flexibility index (Phi) is 9.00. The molecule has 8 heteroatoms. The molecule has 1 aromatic rings. The number of nitrogens with zero attached hydrogens (tertiary/aromatic N) is 4. The summed E-state index contributed by atoms with van der Waals surface area (Å²) in [5.74, 6) is 1.01. The molecule has 96 valence electrons. The SMILES string of the molecule is [C-]#[N+]/N=C(\C)c1ccc(C(C)=NC#N)o1.[Cl][Fe][Cl]. The first-order valence-corrected chi connectivity index (χ1v) is 7.44. The number of aliphatic imine (C=N–C) groups is 1. The van der Waals surface area contributed by atoms with E-state index in [-0.39, 0.29) is 13.1 Å². The Balaban J connectivity index is 0.000000873. The summed E-state index contributed by atoms with van der Waals surface area (Å²) in [6, 6.07) is 3.38. The first-order chi connectivity index (χ1) is 8.60. The van der Waals surface area contributed by atoms with Crippen molar-refractivity contribution >= 4 is 31.6 Å². The van der Waals surface area contributed by atoms with Gasteiger partial charge in [-0.1, -0.05) is 0 Å². The topological polar surface area (TPSA) is 66.0 Å². The van der Waals surface area contributed by atoms with Crippen LogP contribution in [0.15, 0.2) is 26.6 Å². The first-order valence-electron chi connectivity index (χ1n) is 4.40. The van der Waals surface area contributed by atoms with E-state index in [2.05, 4.69) is 15.0 Å². The number of nitriles is 1. The van der Waals surface area contributed by atoms with Gasteiger partial charge in [-0.3, -0.25) is 0 Å². The van der Waals surface area contributed by atoms with Crippen LogP contribution in [-0.2, 0) is 13.1 Å². The molecule has 1 aromatic heterocycles. The summed E-state index contributed by atoms with van der Waals surface area (Å²) in [4.78, 5) is 6.44. The number of rotatable bonds is 2.